The first-order valence-corrected chi connectivity index (χ1v) is 6.75. The average Bonchev–Trinajstić information content (AvgIpc) is 2.43. The van der Waals surface area contributed by atoms with Crippen molar-refractivity contribution in [2.24, 2.45) is 0 Å². The molecule has 1 heterocycles. The van der Waals surface area contributed by atoms with Gasteiger partial charge in [-0.25, -0.2) is 8.78 Å². The highest BCUT2D eigenvalue weighted by molar-refractivity contribution is 5.85. The van der Waals surface area contributed by atoms with Crippen LogP contribution in [-0.2, 0) is 0 Å². The Labute approximate surface area is 144 Å². The third kappa shape index (κ3) is 5.74. The van der Waals surface area contributed by atoms with Gasteiger partial charge in [-0.1, -0.05) is 12.1 Å². The fourth-order valence-corrected chi connectivity index (χ4v) is 2.57. The summed E-state index contributed by atoms with van der Waals surface area (Å²) in [7, 11) is 0. The second-order valence-corrected chi connectivity index (χ2v) is 5.22. The molecule has 1 aromatic rings. The molecule has 23 heavy (non-hydrogen) atoms. The first kappa shape index (κ1) is 22.4. The van der Waals surface area contributed by atoms with Crippen molar-refractivity contribution in [2.45, 2.75) is 25.6 Å². The molecule has 1 fully saturated rings. The van der Waals surface area contributed by atoms with Gasteiger partial charge in [0.15, 0.2) is 11.6 Å². The van der Waals surface area contributed by atoms with Gasteiger partial charge in [-0.05, 0) is 12.5 Å². The fourth-order valence-electron chi connectivity index (χ4n) is 2.57. The van der Waals surface area contributed by atoms with E-state index in [0.717, 1.165) is 0 Å². The van der Waals surface area contributed by atoms with Crippen LogP contribution in [0.3, 0.4) is 0 Å². The number of halogens is 7. The van der Waals surface area contributed by atoms with Crippen molar-refractivity contribution in [3.63, 3.8) is 0 Å². The minimum atomic E-state index is -4.44. The SMILES string of the molecule is Cc1ccc([C@H](CC(F)(F)F)N2CCNCC2)c(F)c1F.Cl.Cl. The Bertz CT molecular complexity index is 505. The molecule has 9 heteroatoms. The normalized spacial score (nSPS) is 17.1. The zero-order valence-electron chi connectivity index (χ0n) is 12.4. The predicted octanol–water partition coefficient (Wildman–Crippen LogP) is 4.02. The van der Waals surface area contributed by atoms with Gasteiger partial charge in [-0.2, -0.15) is 13.2 Å². The molecule has 1 aliphatic heterocycles. The zero-order chi connectivity index (χ0) is 15.6. The second kappa shape index (κ2) is 9.01. The molecule has 1 N–H and O–H groups in total. The predicted molar refractivity (Wildman–Crippen MR) is 83.4 cm³/mol. The molecular weight excluding hydrogens is 362 g/mol. The summed E-state index contributed by atoms with van der Waals surface area (Å²) in [5, 5.41) is 3.03. The number of hydrogen-bond donors (Lipinski definition) is 1. The monoisotopic (exact) mass is 380 g/mol. The van der Waals surface area contributed by atoms with Gasteiger partial charge in [0.2, 0.25) is 0 Å². The summed E-state index contributed by atoms with van der Waals surface area (Å²) >= 11 is 0. The third-order valence-corrected chi connectivity index (χ3v) is 3.68. The number of benzene rings is 1. The molecule has 1 atom stereocenters. The number of piperazine rings is 1. The molecule has 0 unspecified atom stereocenters. The van der Waals surface area contributed by atoms with Gasteiger partial charge in [0, 0.05) is 37.8 Å². The summed E-state index contributed by atoms with van der Waals surface area (Å²) in [6.45, 7) is 3.19. The van der Waals surface area contributed by atoms with E-state index in [1.807, 2.05) is 0 Å². The Morgan fingerprint density at radius 3 is 2.17 bits per heavy atom. The van der Waals surface area contributed by atoms with Crippen LogP contribution < -0.4 is 5.32 Å². The molecule has 0 aromatic heterocycles. The van der Waals surface area contributed by atoms with Crippen molar-refractivity contribution in [2.75, 3.05) is 26.2 Å². The topological polar surface area (TPSA) is 15.3 Å². The van der Waals surface area contributed by atoms with Crippen LogP contribution in [0.4, 0.5) is 22.0 Å². The van der Waals surface area contributed by atoms with Crippen LogP contribution in [0.25, 0.3) is 0 Å². The lowest BCUT2D eigenvalue weighted by atomic mass is 9.98. The Kier molecular flexibility index (Phi) is 8.76. The average molecular weight is 381 g/mol. The smallest absolute Gasteiger partial charge is 0.314 e. The van der Waals surface area contributed by atoms with E-state index in [-0.39, 0.29) is 35.9 Å². The van der Waals surface area contributed by atoms with E-state index < -0.39 is 30.3 Å². The Morgan fingerprint density at radius 2 is 1.65 bits per heavy atom. The van der Waals surface area contributed by atoms with Crippen LogP contribution in [0.5, 0.6) is 0 Å². The number of nitrogens with one attached hydrogen (secondary N) is 1. The summed E-state index contributed by atoms with van der Waals surface area (Å²) < 4.78 is 66.1. The maximum Gasteiger partial charge on any atom is 0.390 e. The number of alkyl halides is 3. The first-order chi connectivity index (χ1) is 9.79. The minimum Gasteiger partial charge on any atom is -0.314 e. The van der Waals surface area contributed by atoms with Gasteiger partial charge in [0.25, 0.3) is 0 Å². The van der Waals surface area contributed by atoms with Crippen LogP contribution in [0, 0.1) is 18.6 Å². The van der Waals surface area contributed by atoms with Crippen LogP contribution in [-0.4, -0.2) is 37.3 Å². The molecule has 0 amide bonds. The van der Waals surface area contributed by atoms with Gasteiger partial charge in [0.1, 0.15) is 0 Å². The van der Waals surface area contributed by atoms with E-state index in [9.17, 15) is 22.0 Å². The summed E-state index contributed by atoms with van der Waals surface area (Å²) in [4.78, 5) is 1.55. The molecule has 1 aliphatic rings. The Morgan fingerprint density at radius 1 is 1.09 bits per heavy atom. The van der Waals surface area contributed by atoms with E-state index in [4.69, 9.17) is 0 Å². The van der Waals surface area contributed by atoms with Crippen LogP contribution >= 0.6 is 24.8 Å². The fraction of sp³-hybridized carbons (Fsp3) is 0.571. The maximum atomic E-state index is 14.1. The largest absolute Gasteiger partial charge is 0.390 e. The highest BCUT2D eigenvalue weighted by atomic mass is 35.5. The molecule has 0 aliphatic carbocycles. The van der Waals surface area contributed by atoms with Crippen molar-refractivity contribution in [3.8, 4) is 0 Å². The lowest BCUT2D eigenvalue weighted by Crippen LogP contribution is -2.46. The zero-order valence-corrected chi connectivity index (χ0v) is 14.1. The van der Waals surface area contributed by atoms with Crippen LogP contribution in [0.1, 0.15) is 23.6 Å². The third-order valence-electron chi connectivity index (χ3n) is 3.68. The van der Waals surface area contributed by atoms with Crippen molar-refractivity contribution in [1.29, 1.82) is 0 Å². The van der Waals surface area contributed by atoms with E-state index in [2.05, 4.69) is 5.32 Å². The van der Waals surface area contributed by atoms with Crippen LogP contribution in [0.15, 0.2) is 12.1 Å². The Hall–Kier alpha value is -0.630. The highest BCUT2D eigenvalue weighted by Gasteiger charge is 2.37. The Balaban J connectivity index is 0.00000242. The molecule has 1 saturated heterocycles. The highest BCUT2D eigenvalue weighted by Crippen LogP contribution is 2.36. The van der Waals surface area contributed by atoms with Crippen LogP contribution in [0.2, 0.25) is 0 Å². The van der Waals surface area contributed by atoms with Crippen molar-refractivity contribution in [1.82, 2.24) is 10.2 Å². The molecule has 134 valence electrons. The molecule has 0 saturated carbocycles. The standard InChI is InChI=1S/C14H17F5N2.2ClH/c1-9-2-3-10(13(16)12(9)15)11(8-14(17,18)19)21-6-4-20-5-7-21;;/h2-3,11,20H,4-8H2,1H3;2*1H/t11-;;/m0../s1. The van der Waals surface area contributed by atoms with E-state index in [0.29, 0.717) is 26.2 Å². The maximum absolute atomic E-state index is 14.1. The molecule has 2 rings (SSSR count). The van der Waals surface area contributed by atoms with E-state index in [1.165, 1.54) is 19.1 Å². The van der Waals surface area contributed by atoms with Crippen molar-refractivity contribution in [3.05, 3.63) is 34.9 Å². The number of hydrogen-bond acceptors (Lipinski definition) is 2. The summed E-state index contributed by atoms with van der Waals surface area (Å²) in [5.74, 6) is -2.25. The number of rotatable bonds is 3. The molecule has 2 nitrogen and oxygen atoms in total. The van der Waals surface area contributed by atoms with Crippen molar-refractivity contribution < 1.29 is 22.0 Å². The molecule has 0 spiro atoms. The minimum absolute atomic E-state index is 0. The van der Waals surface area contributed by atoms with Gasteiger partial charge >= 0.3 is 6.18 Å². The number of nitrogens with zero attached hydrogens (tertiary/aromatic N) is 1. The van der Waals surface area contributed by atoms with E-state index in [1.54, 1.807) is 4.90 Å². The lowest BCUT2D eigenvalue weighted by molar-refractivity contribution is -0.149. The molecule has 0 radical (unpaired) electrons. The molecule has 1 aromatic carbocycles. The summed E-state index contributed by atoms with van der Waals surface area (Å²) in [5.41, 5.74) is -0.139. The first-order valence-electron chi connectivity index (χ1n) is 6.75. The van der Waals surface area contributed by atoms with E-state index >= 15 is 0 Å². The quantitative estimate of drug-likeness (QED) is 0.796. The van der Waals surface area contributed by atoms with Gasteiger partial charge < -0.3 is 5.32 Å². The lowest BCUT2D eigenvalue weighted by Gasteiger charge is -2.35. The van der Waals surface area contributed by atoms with Gasteiger partial charge in [-0.15, -0.1) is 24.8 Å². The van der Waals surface area contributed by atoms with Gasteiger partial charge in [-0.3, -0.25) is 4.90 Å². The number of aryl methyl sites for hydroxylation is 1. The van der Waals surface area contributed by atoms with Gasteiger partial charge in [0.05, 0.1) is 6.42 Å². The second-order valence-electron chi connectivity index (χ2n) is 5.22. The molecule has 0 bridgehead atoms. The molecular formula is C14H19Cl2F5N2. The summed E-state index contributed by atoms with van der Waals surface area (Å²) in [6, 6.07) is 1.38. The van der Waals surface area contributed by atoms with Crippen molar-refractivity contribution >= 4 is 24.8 Å². The summed E-state index contributed by atoms with van der Waals surface area (Å²) in [6.07, 6.45) is -5.63.